The van der Waals surface area contributed by atoms with Gasteiger partial charge in [0.05, 0.1) is 6.42 Å². The molecule has 1 aromatic rings. The van der Waals surface area contributed by atoms with Crippen molar-refractivity contribution in [3.63, 3.8) is 0 Å². The highest BCUT2D eigenvalue weighted by molar-refractivity contribution is 5.66. The first-order chi connectivity index (χ1) is 7.99. The molecule has 0 spiro atoms. The third-order valence-corrected chi connectivity index (χ3v) is 2.81. The standard InChI is InChI=1S/C14H21NO2/c1-11(2)13-6-4-12(5-7-13)10-15(3)9-8-14(16)17/h4-7,11H,8-10H2,1-3H3,(H,16,17). The van der Waals surface area contributed by atoms with Crippen LogP contribution in [0.1, 0.15) is 37.3 Å². The SMILES string of the molecule is CC(C)c1ccc(CN(C)CCC(=O)O)cc1. The molecule has 1 N–H and O–H groups in total. The molecule has 0 aliphatic heterocycles. The van der Waals surface area contributed by atoms with Crippen LogP contribution in [0.25, 0.3) is 0 Å². The van der Waals surface area contributed by atoms with Crippen molar-refractivity contribution in [2.24, 2.45) is 0 Å². The van der Waals surface area contributed by atoms with E-state index in [0.29, 0.717) is 12.5 Å². The molecule has 94 valence electrons. The number of carboxylic acid groups (broad SMARTS) is 1. The molecular formula is C14H21NO2. The smallest absolute Gasteiger partial charge is 0.304 e. The van der Waals surface area contributed by atoms with E-state index < -0.39 is 5.97 Å². The molecular weight excluding hydrogens is 214 g/mol. The summed E-state index contributed by atoms with van der Waals surface area (Å²) in [4.78, 5) is 12.5. The lowest BCUT2D eigenvalue weighted by molar-refractivity contribution is -0.137. The number of rotatable bonds is 6. The Kier molecular flexibility index (Phi) is 5.16. The van der Waals surface area contributed by atoms with Gasteiger partial charge in [-0.2, -0.15) is 0 Å². The fourth-order valence-electron chi connectivity index (χ4n) is 1.69. The first-order valence-corrected chi connectivity index (χ1v) is 5.98. The van der Waals surface area contributed by atoms with Crippen molar-refractivity contribution in [3.8, 4) is 0 Å². The van der Waals surface area contributed by atoms with Crippen LogP contribution in [0, 0.1) is 0 Å². The highest BCUT2D eigenvalue weighted by Gasteiger charge is 2.04. The first kappa shape index (κ1) is 13.7. The van der Waals surface area contributed by atoms with E-state index in [0.717, 1.165) is 6.54 Å². The maximum Gasteiger partial charge on any atom is 0.304 e. The number of aliphatic carboxylic acids is 1. The zero-order chi connectivity index (χ0) is 12.8. The summed E-state index contributed by atoms with van der Waals surface area (Å²) in [5.41, 5.74) is 2.56. The van der Waals surface area contributed by atoms with E-state index in [9.17, 15) is 4.79 Å². The Morgan fingerprint density at radius 2 is 1.88 bits per heavy atom. The monoisotopic (exact) mass is 235 g/mol. The molecule has 0 fully saturated rings. The topological polar surface area (TPSA) is 40.5 Å². The predicted molar refractivity (Wildman–Crippen MR) is 69.1 cm³/mol. The molecule has 0 amide bonds. The van der Waals surface area contributed by atoms with Crippen LogP contribution in [0.4, 0.5) is 0 Å². The van der Waals surface area contributed by atoms with Gasteiger partial charge in [0, 0.05) is 13.1 Å². The number of carbonyl (C=O) groups is 1. The molecule has 3 heteroatoms. The lowest BCUT2D eigenvalue weighted by Gasteiger charge is -2.16. The van der Waals surface area contributed by atoms with Crippen molar-refractivity contribution in [3.05, 3.63) is 35.4 Å². The van der Waals surface area contributed by atoms with Gasteiger partial charge in [0.1, 0.15) is 0 Å². The summed E-state index contributed by atoms with van der Waals surface area (Å²) < 4.78 is 0. The molecule has 0 bridgehead atoms. The van der Waals surface area contributed by atoms with E-state index >= 15 is 0 Å². The zero-order valence-corrected chi connectivity index (χ0v) is 10.8. The van der Waals surface area contributed by atoms with Gasteiger partial charge in [0.2, 0.25) is 0 Å². The van der Waals surface area contributed by atoms with Crippen LogP contribution in [0.15, 0.2) is 24.3 Å². The summed E-state index contributed by atoms with van der Waals surface area (Å²) in [6, 6.07) is 8.52. The minimum Gasteiger partial charge on any atom is -0.481 e. The number of hydrogen-bond donors (Lipinski definition) is 1. The summed E-state index contributed by atoms with van der Waals surface area (Å²) in [6.07, 6.45) is 0.195. The molecule has 0 heterocycles. The normalized spacial score (nSPS) is 11.1. The largest absolute Gasteiger partial charge is 0.481 e. The van der Waals surface area contributed by atoms with Crippen LogP contribution in [0.3, 0.4) is 0 Å². The van der Waals surface area contributed by atoms with E-state index in [-0.39, 0.29) is 6.42 Å². The number of benzene rings is 1. The van der Waals surface area contributed by atoms with Crippen LogP contribution in [-0.4, -0.2) is 29.6 Å². The number of carboxylic acids is 1. The summed E-state index contributed by atoms with van der Waals surface area (Å²) in [6.45, 7) is 5.73. The van der Waals surface area contributed by atoms with Crippen LogP contribution < -0.4 is 0 Å². The lowest BCUT2D eigenvalue weighted by Crippen LogP contribution is -2.21. The molecule has 17 heavy (non-hydrogen) atoms. The van der Waals surface area contributed by atoms with E-state index in [1.54, 1.807) is 0 Å². The van der Waals surface area contributed by atoms with Crippen molar-refractivity contribution >= 4 is 5.97 Å². The molecule has 0 aliphatic rings. The van der Waals surface area contributed by atoms with Gasteiger partial charge in [-0.15, -0.1) is 0 Å². The zero-order valence-electron chi connectivity index (χ0n) is 10.8. The Labute approximate surface area is 103 Å². The van der Waals surface area contributed by atoms with Gasteiger partial charge >= 0.3 is 5.97 Å². The van der Waals surface area contributed by atoms with Gasteiger partial charge in [0.25, 0.3) is 0 Å². The third-order valence-electron chi connectivity index (χ3n) is 2.81. The molecule has 1 aromatic carbocycles. The van der Waals surface area contributed by atoms with Crippen molar-refractivity contribution in [1.82, 2.24) is 4.90 Å². The molecule has 0 saturated carbocycles. The van der Waals surface area contributed by atoms with Crippen LogP contribution in [0.2, 0.25) is 0 Å². The van der Waals surface area contributed by atoms with Gasteiger partial charge in [-0.05, 0) is 24.1 Å². The lowest BCUT2D eigenvalue weighted by atomic mass is 10.0. The maximum absolute atomic E-state index is 10.4. The maximum atomic E-state index is 10.4. The Morgan fingerprint density at radius 1 is 1.29 bits per heavy atom. The molecule has 3 nitrogen and oxygen atoms in total. The number of nitrogens with zero attached hydrogens (tertiary/aromatic N) is 1. The molecule has 0 atom stereocenters. The molecule has 1 rings (SSSR count). The first-order valence-electron chi connectivity index (χ1n) is 5.98. The minimum atomic E-state index is -0.744. The molecule has 0 unspecified atom stereocenters. The van der Waals surface area contributed by atoms with E-state index in [4.69, 9.17) is 5.11 Å². The average Bonchev–Trinajstić information content (AvgIpc) is 2.27. The van der Waals surface area contributed by atoms with Crippen molar-refractivity contribution in [2.75, 3.05) is 13.6 Å². The summed E-state index contributed by atoms with van der Waals surface area (Å²) in [5.74, 6) is -0.194. The molecule has 0 radical (unpaired) electrons. The fourth-order valence-corrected chi connectivity index (χ4v) is 1.69. The fraction of sp³-hybridized carbons (Fsp3) is 0.500. The Hall–Kier alpha value is -1.35. The highest BCUT2D eigenvalue weighted by Crippen LogP contribution is 2.15. The van der Waals surface area contributed by atoms with Gasteiger partial charge < -0.3 is 10.0 Å². The van der Waals surface area contributed by atoms with Crippen molar-refractivity contribution < 1.29 is 9.90 Å². The quantitative estimate of drug-likeness (QED) is 0.824. The van der Waals surface area contributed by atoms with E-state index in [1.165, 1.54) is 11.1 Å². The van der Waals surface area contributed by atoms with Crippen LogP contribution >= 0.6 is 0 Å². The Bertz CT molecular complexity index is 357. The second-order valence-electron chi connectivity index (χ2n) is 4.78. The summed E-state index contributed by atoms with van der Waals surface area (Å²) in [7, 11) is 1.94. The molecule has 0 aromatic heterocycles. The van der Waals surface area contributed by atoms with Crippen molar-refractivity contribution in [1.29, 1.82) is 0 Å². The van der Waals surface area contributed by atoms with Gasteiger partial charge in [-0.1, -0.05) is 38.1 Å². The third kappa shape index (κ3) is 5.00. The van der Waals surface area contributed by atoms with Crippen LogP contribution in [-0.2, 0) is 11.3 Å². The van der Waals surface area contributed by atoms with Gasteiger partial charge in [0.15, 0.2) is 0 Å². The summed E-state index contributed by atoms with van der Waals surface area (Å²) in [5, 5.41) is 8.60. The molecule has 0 saturated heterocycles. The van der Waals surface area contributed by atoms with Gasteiger partial charge in [-0.25, -0.2) is 0 Å². The van der Waals surface area contributed by atoms with Gasteiger partial charge in [-0.3, -0.25) is 4.79 Å². The summed E-state index contributed by atoms with van der Waals surface area (Å²) >= 11 is 0. The highest BCUT2D eigenvalue weighted by atomic mass is 16.4. The van der Waals surface area contributed by atoms with E-state index in [1.807, 2.05) is 11.9 Å². The average molecular weight is 235 g/mol. The minimum absolute atomic E-state index is 0.195. The predicted octanol–water partition coefficient (Wildman–Crippen LogP) is 2.72. The van der Waals surface area contributed by atoms with Crippen LogP contribution in [0.5, 0.6) is 0 Å². The Morgan fingerprint density at radius 3 is 2.35 bits per heavy atom. The molecule has 0 aliphatic carbocycles. The number of hydrogen-bond acceptors (Lipinski definition) is 2. The second kappa shape index (κ2) is 6.40. The van der Waals surface area contributed by atoms with E-state index in [2.05, 4.69) is 38.1 Å². The van der Waals surface area contributed by atoms with Crippen molar-refractivity contribution in [2.45, 2.75) is 32.7 Å². The Balaban J connectivity index is 2.48. The second-order valence-corrected chi connectivity index (χ2v) is 4.78.